The lowest BCUT2D eigenvalue weighted by Gasteiger charge is -2.27. The summed E-state index contributed by atoms with van der Waals surface area (Å²) in [6.07, 6.45) is 1.49. The topological polar surface area (TPSA) is 215 Å². The molecule has 0 bridgehead atoms. The average Bonchev–Trinajstić information content (AvgIpc) is 2.84. The minimum atomic E-state index is -1.18. The summed E-state index contributed by atoms with van der Waals surface area (Å²) in [6, 6.07) is 4.99. The fraction of sp³-hybridized carbons (Fsp3) is 0.593. The lowest BCUT2D eigenvalue weighted by molar-refractivity contribution is -0.142. The molecule has 1 aromatic carbocycles. The zero-order valence-corrected chi connectivity index (χ0v) is 23.4. The summed E-state index contributed by atoms with van der Waals surface area (Å²) in [5.74, 6) is -2.79. The van der Waals surface area contributed by atoms with Crippen LogP contribution in [0.2, 0.25) is 0 Å². The average molecular weight is 548 g/mol. The zero-order valence-electron chi connectivity index (χ0n) is 23.4. The van der Waals surface area contributed by atoms with Gasteiger partial charge in [0, 0.05) is 13.0 Å². The third-order valence-corrected chi connectivity index (χ3v) is 5.88. The standard InChI is InChI=1S/C27H45N7O5/c1-16(2)13-20(32-23(35)19(28)11-8-12-31-27(29)30)24(36)33-21(14-17(3)4)25(37)34-22(26(38)39)15-18-9-6-5-7-10-18/h5-7,9-10,16-17,19-22H,8,11-15,28H2,1-4H3,(H,32,35)(H,33,36)(H,34,37)(H,38,39)(H4,29,30,31). The van der Waals surface area contributed by atoms with Crippen molar-refractivity contribution in [2.24, 2.45) is 34.0 Å². The Labute approximate surface area is 230 Å². The number of nitrogens with two attached hydrogens (primary N) is 3. The van der Waals surface area contributed by atoms with Crippen LogP contribution >= 0.6 is 0 Å². The molecule has 0 heterocycles. The molecule has 1 rings (SSSR count). The maximum Gasteiger partial charge on any atom is 0.326 e. The predicted molar refractivity (Wildman–Crippen MR) is 150 cm³/mol. The molecule has 0 aliphatic rings. The van der Waals surface area contributed by atoms with E-state index in [1.54, 1.807) is 24.3 Å². The number of amides is 3. The predicted octanol–water partition coefficient (Wildman–Crippen LogP) is 0.241. The van der Waals surface area contributed by atoms with E-state index in [-0.39, 0.29) is 30.6 Å². The Kier molecular flexibility index (Phi) is 14.6. The van der Waals surface area contributed by atoms with E-state index in [1.807, 2.05) is 33.8 Å². The van der Waals surface area contributed by atoms with Gasteiger partial charge in [-0.3, -0.25) is 19.4 Å². The number of carbonyl (C=O) groups is 4. The van der Waals surface area contributed by atoms with E-state index in [4.69, 9.17) is 17.2 Å². The molecule has 3 amide bonds. The van der Waals surface area contributed by atoms with Gasteiger partial charge in [0.05, 0.1) is 6.04 Å². The largest absolute Gasteiger partial charge is 0.480 e. The highest BCUT2D eigenvalue weighted by Crippen LogP contribution is 2.11. The number of aliphatic imine (C=N–C) groups is 1. The molecular formula is C27H45N7O5. The highest BCUT2D eigenvalue weighted by molar-refractivity contribution is 5.94. The quantitative estimate of drug-likeness (QED) is 0.0812. The molecular weight excluding hydrogens is 502 g/mol. The number of hydrogen-bond acceptors (Lipinski definition) is 6. The molecule has 0 aromatic heterocycles. The summed E-state index contributed by atoms with van der Waals surface area (Å²) >= 11 is 0. The van der Waals surface area contributed by atoms with Crippen LogP contribution in [-0.2, 0) is 25.6 Å². The smallest absolute Gasteiger partial charge is 0.326 e. The fourth-order valence-electron chi connectivity index (χ4n) is 3.93. The van der Waals surface area contributed by atoms with Crippen LogP contribution in [-0.4, -0.2) is 65.5 Å². The van der Waals surface area contributed by atoms with Gasteiger partial charge in [-0.25, -0.2) is 4.79 Å². The first-order valence-electron chi connectivity index (χ1n) is 13.3. The van der Waals surface area contributed by atoms with Crippen LogP contribution in [0.4, 0.5) is 0 Å². The first-order chi connectivity index (χ1) is 18.3. The van der Waals surface area contributed by atoms with Gasteiger partial charge in [-0.2, -0.15) is 0 Å². The Balaban J connectivity index is 2.94. The second kappa shape index (κ2) is 17.0. The number of carbonyl (C=O) groups excluding carboxylic acids is 3. The lowest BCUT2D eigenvalue weighted by Crippen LogP contribution is -2.57. The van der Waals surface area contributed by atoms with E-state index >= 15 is 0 Å². The van der Waals surface area contributed by atoms with E-state index < -0.39 is 47.9 Å². The fourth-order valence-corrected chi connectivity index (χ4v) is 3.93. The zero-order chi connectivity index (χ0) is 29.5. The molecule has 39 heavy (non-hydrogen) atoms. The summed E-state index contributed by atoms with van der Waals surface area (Å²) in [5.41, 5.74) is 17.3. The van der Waals surface area contributed by atoms with Gasteiger partial charge in [0.25, 0.3) is 0 Å². The molecule has 0 fully saturated rings. The lowest BCUT2D eigenvalue weighted by atomic mass is 9.99. The maximum absolute atomic E-state index is 13.3. The van der Waals surface area contributed by atoms with Crippen LogP contribution in [0, 0.1) is 11.8 Å². The molecule has 0 aliphatic heterocycles. The number of guanidine groups is 1. The van der Waals surface area contributed by atoms with Gasteiger partial charge < -0.3 is 38.3 Å². The number of nitrogens with zero attached hydrogens (tertiary/aromatic N) is 1. The van der Waals surface area contributed by atoms with Crippen LogP contribution in [0.5, 0.6) is 0 Å². The van der Waals surface area contributed by atoms with Gasteiger partial charge in [-0.15, -0.1) is 0 Å². The monoisotopic (exact) mass is 547 g/mol. The Morgan fingerprint density at radius 3 is 1.77 bits per heavy atom. The van der Waals surface area contributed by atoms with Crippen LogP contribution in [0.3, 0.4) is 0 Å². The number of carboxylic acid groups (broad SMARTS) is 1. The van der Waals surface area contributed by atoms with Gasteiger partial charge in [0.2, 0.25) is 17.7 Å². The Morgan fingerprint density at radius 2 is 1.31 bits per heavy atom. The molecule has 4 atom stereocenters. The second-order valence-corrected chi connectivity index (χ2v) is 10.5. The first-order valence-corrected chi connectivity index (χ1v) is 13.3. The van der Waals surface area contributed by atoms with E-state index in [2.05, 4.69) is 20.9 Å². The van der Waals surface area contributed by atoms with Crippen molar-refractivity contribution in [2.45, 2.75) is 84.0 Å². The van der Waals surface area contributed by atoms with Crippen molar-refractivity contribution in [2.75, 3.05) is 6.54 Å². The van der Waals surface area contributed by atoms with Gasteiger partial charge in [0.1, 0.15) is 18.1 Å². The highest BCUT2D eigenvalue weighted by Gasteiger charge is 2.31. The molecule has 1 aromatic rings. The van der Waals surface area contributed by atoms with Gasteiger partial charge >= 0.3 is 5.97 Å². The van der Waals surface area contributed by atoms with E-state index in [0.717, 1.165) is 5.56 Å². The Hall–Kier alpha value is -3.67. The minimum Gasteiger partial charge on any atom is -0.480 e. The van der Waals surface area contributed by atoms with Crippen molar-refractivity contribution in [3.05, 3.63) is 35.9 Å². The number of rotatable bonds is 17. The van der Waals surface area contributed by atoms with Crippen LogP contribution in [0.1, 0.15) is 58.9 Å². The molecule has 12 nitrogen and oxygen atoms in total. The minimum absolute atomic E-state index is 0.0234. The second-order valence-electron chi connectivity index (χ2n) is 10.5. The third kappa shape index (κ3) is 13.6. The molecule has 0 saturated heterocycles. The summed E-state index contributed by atoms with van der Waals surface area (Å²) < 4.78 is 0. The summed E-state index contributed by atoms with van der Waals surface area (Å²) in [7, 11) is 0. The molecule has 0 aliphatic carbocycles. The number of hydrogen-bond donors (Lipinski definition) is 7. The summed E-state index contributed by atoms with van der Waals surface area (Å²) in [5, 5.41) is 17.7. The Bertz CT molecular complexity index is 965. The van der Waals surface area contributed by atoms with Crippen LogP contribution in [0.15, 0.2) is 35.3 Å². The van der Waals surface area contributed by atoms with Crippen molar-refractivity contribution in [1.82, 2.24) is 16.0 Å². The molecule has 4 unspecified atom stereocenters. The highest BCUT2D eigenvalue weighted by atomic mass is 16.4. The number of carboxylic acids is 1. The molecule has 10 N–H and O–H groups in total. The number of nitrogens with one attached hydrogen (secondary N) is 3. The SMILES string of the molecule is CC(C)CC(NC(=O)C(N)CCCN=C(N)N)C(=O)NC(CC(C)C)C(=O)NC(Cc1ccccc1)C(=O)O. The van der Waals surface area contributed by atoms with Crippen molar-refractivity contribution >= 4 is 29.7 Å². The molecule has 0 radical (unpaired) electrons. The first kappa shape index (κ1) is 33.4. The van der Waals surface area contributed by atoms with Crippen molar-refractivity contribution in [3.63, 3.8) is 0 Å². The van der Waals surface area contributed by atoms with Gasteiger partial charge in [-0.1, -0.05) is 58.0 Å². The Morgan fingerprint density at radius 1 is 0.821 bits per heavy atom. The van der Waals surface area contributed by atoms with Crippen molar-refractivity contribution in [1.29, 1.82) is 0 Å². The van der Waals surface area contributed by atoms with E-state index in [9.17, 15) is 24.3 Å². The molecule has 218 valence electrons. The summed E-state index contributed by atoms with van der Waals surface area (Å²) in [6.45, 7) is 7.91. The third-order valence-electron chi connectivity index (χ3n) is 5.88. The summed E-state index contributed by atoms with van der Waals surface area (Å²) in [4.78, 5) is 54.9. The van der Waals surface area contributed by atoms with Gasteiger partial charge in [-0.05, 0) is 43.1 Å². The van der Waals surface area contributed by atoms with Gasteiger partial charge in [0.15, 0.2) is 5.96 Å². The van der Waals surface area contributed by atoms with E-state index in [0.29, 0.717) is 25.8 Å². The molecule has 0 spiro atoms. The number of benzene rings is 1. The number of aliphatic carboxylic acids is 1. The van der Waals surface area contributed by atoms with E-state index in [1.165, 1.54) is 0 Å². The molecule has 0 saturated carbocycles. The van der Waals surface area contributed by atoms with Crippen LogP contribution in [0.25, 0.3) is 0 Å². The maximum atomic E-state index is 13.3. The normalized spacial score (nSPS) is 14.1. The van der Waals surface area contributed by atoms with Crippen LogP contribution < -0.4 is 33.2 Å². The van der Waals surface area contributed by atoms with Crippen molar-refractivity contribution in [3.8, 4) is 0 Å². The molecule has 12 heteroatoms. The van der Waals surface area contributed by atoms with Crippen molar-refractivity contribution < 1.29 is 24.3 Å².